The number of fused-ring (bicyclic) bond motifs is 1. The zero-order valence-corrected chi connectivity index (χ0v) is 15.5. The first-order valence-electron chi connectivity index (χ1n) is 8.72. The van der Waals surface area contributed by atoms with Gasteiger partial charge in [-0.2, -0.15) is 0 Å². The fourth-order valence-corrected chi connectivity index (χ4v) is 2.58. The lowest BCUT2D eigenvalue weighted by atomic mass is 10.1. The molecule has 0 aliphatic carbocycles. The van der Waals surface area contributed by atoms with Gasteiger partial charge >= 0.3 is 11.6 Å². The quantitative estimate of drug-likeness (QED) is 0.399. The van der Waals surface area contributed by atoms with Crippen LogP contribution < -0.4 is 20.4 Å². The van der Waals surface area contributed by atoms with Gasteiger partial charge in [-0.1, -0.05) is 13.0 Å². The highest BCUT2D eigenvalue weighted by Crippen LogP contribution is 2.22. The molecule has 0 radical (unpaired) electrons. The largest absolute Gasteiger partial charge is 0.482 e. The zero-order valence-electron chi connectivity index (χ0n) is 15.5. The number of rotatable bonds is 6. The van der Waals surface area contributed by atoms with Crippen molar-refractivity contribution in [3.63, 3.8) is 0 Å². The minimum atomic E-state index is -0.614. The molecule has 0 atom stereocenters. The van der Waals surface area contributed by atoms with E-state index >= 15 is 0 Å². The van der Waals surface area contributed by atoms with Crippen molar-refractivity contribution >= 4 is 28.5 Å². The maximum atomic E-state index is 12.1. The van der Waals surface area contributed by atoms with Gasteiger partial charge in [0.2, 0.25) is 5.91 Å². The first-order valence-corrected chi connectivity index (χ1v) is 8.72. The summed E-state index contributed by atoms with van der Waals surface area (Å²) in [4.78, 5) is 35.0. The van der Waals surface area contributed by atoms with Crippen LogP contribution in [0.3, 0.4) is 0 Å². The maximum Gasteiger partial charge on any atom is 0.349 e. The van der Waals surface area contributed by atoms with Gasteiger partial charge in [0.15, 0.2) is 6.61 Å². The van der Waals surface area contributed by atoms with Crippen molar-refractivity contribution in [2.75, 3.05) is 11.9 Å². The molecule has 0 spiro atoms. The van der Waals surface area contributed by atoms with E-state index in [1.807, 2.05) is 0 Å². The topological polar surface area (TPSA) is 94.8 Å². The Morgan fingerprint density at radius 3 is 2.68 bits per heavy atom. The molecule has 7 nitrogen and oxygen atoms in total. The zero-order chi connectivity index (χ0) is 20.1. The minimum Gasteiger partial charge on any atom is -0.482 e. The standard InChI is InChI=1S/C21H19NO6/c1-3-19(23)22-14-5-4-6-15(10-14)26-12-21(25)27-16-7-8-17-13(2)9-20(24)28-18(17)11-16/h4-11H,3,12H2,1-2H3,(H,22,23). The predicted molar refractivity (Wildman–Crippen MR) is 104 cm³/mol. The van der Waals surface area contributed by atoms with E-state index in [2.05, 4.69) is 5.32 Å². The van der Waals surface area contributed by atoms with Crippen LogP contribution in [0.1, 0.15) is 18.9 Å². The second-order valence-electron chi connectivity index (χ2n) is 6.10. The molecular weight excluding hydrogens is 362 g/mol. The second kappa shape index (κ2) is 8.39. The van der Waals surface area contributed by atoms with E-state index in [-0.39, 0.29) is 18.3 Å². The smallest absolute Gasteiger partial charge is 0.349 e. The molecule has 0 aliphatic heterocycles. The molecule has 0 fully saturated rings. The Hall–Kier alpha value is -3.61. The summed E-state index contributed by atoms with van der Waals surface area (Å²) < 4.78 is 15.8. The molecule has 144 valence electrons. The third-order valence-corrected chi connectivity index (χ3v) is 3.95. The molecule has 3 rings (SSSR count). The molecule has 0 saturated carbocycles. The predicted octanol–water partition coefficient (Wildman–Crippen LogP) is 3.43. The van der Waals surface area contributed by atoms with Crippen LogP contribution >= 0.6 is 0 Å². The van der Waals surface area contributed by atoms with E-state index in [0.717, 1.165) is 10.9 Å². The molecule has 3 aromatic rings. The number of hydrogen-bond donors (Lipinski definition) is 1. The summed E-state index contributed by atoms with van der Waals surface area (Å²) in [5, 5.41) is 3.48. The number of esters is 1. The Morgan fingerprint density at radius 2 is 1.89 bits per heavy atom. The summed E-state index contributed by atoms with van der Waals surface area (Å²) in [7, 11) is 0. The summed E-state index contributed by atoms with van der Waals surface area (Å²) in [5.41, 5.74) is 1.24. The molecule has 0 aliphatic rings. The van der Waals surface area contributed by atoms with Gasteiger partial charge in [0.05, 0.1) is 0 Å². The van der Waals surface area contributed by atoms with Gasteiger partial charge in [0.1, 0.15) is 17.1 Å². The summed E-state index contributed by atoms with van der Waals surface area (Å²) in [6.07, 6.45) is 0.364. The van der Waals surface area contributed by atoms with Crippen LogP contribution in [0.2, 0.25) is 0 Å². The van der Waals surface area contributed by atoms with Crippen molar-refractivity contribution < 1.29 is 23.5 Å². The molecular formula is C21H19NO6. The highest BCUT2D eigenvalue weighted by atomic mass is 16.6. The number of carbonyl (C=O) groups excluding carboxylic acids is 2. The van der Waals surface area contributed by atoms with E-state index < -0.39 is 11.6 Å². The van der Waals surface area contributed by atoms with Gasteiger partial charge in [-0.05, 0) is 36.8 Å². The Labute approximate surface area is 160 Å². The average Bonchev–Trinajstić information content (AvgIpc) is 2.66. The molecule has 28 heavy (non-hydrogen) atoms. The van der Waals surface area contributed by atoms with Gasteiger partial charge in [-0.3, -0.25) is 4.79 Å². The maximum absolute atomic E-state index is 12.1. The monoisotopic (exact) mass is 381 g/mol. The summed E-state index contributed by atoms with van der Waals surface area (Å²) in [5.74, 6) is -0.0584. The van der Waals surface area contributed by atoms with Crippen LogP contribution in [0, 0.1) is 6.92 Å². The highest BCUT2D eigenvalue weighted by Gasteiger charge is 2.10. The van der Waals surface area contributed by atoms with Gasteiger partial charge in [0.25, 0.3) is 0 Å². The molecule has 7 heteroatoms. The third-order valence-electron chi connectivity index (χ3n) is 3.95. The number of amides is 1. The van der Waals surface area contributed by atoms with Crippen LogP contribution in [0.5, 0.6) is 11.5 Å². The van der Waals surface area contributed by atoms with Crippen molar-refractivity contribution in [1.29, 1.82) is 0 Å². The average molecular weight is 381 g/mol. The van der Waals surface area contributed by atoms with Crippen molar-refractivity contribution in [3.05, 3.63) is 64.5 Å². The molecule has 0 saturated heterocycles. The molecule has 1 heterocycles. The van der Waals surface area contributed by atoms with E-state index in [1.165, 1.54) is 12.1 Å². The fraction of sp³-hybridized carbons (Fsp3) is 0.190. The number of nitrogens with one attached hydrogen (secondary N) is 1. The number of carbonyl (C=O) groups is 2. The first kappa shape index (κ1) is 19.2. The Balaban J connectivity index is 1.63. The van der Waals surface area contributed by atoms with Crippen molar-refractivity contribution in [1.82, 2.24) is 0 Å². The van der Waals surface area contributed by atoms with E-state index in [9.17, 15) is 14.4 Å². The summed E-state index contributed by atoms with van der Waals surface area (Å²) >= 11 is 0. The third kappa shape index (κ3) is 4.76. The van der Waals surface area contributed by atoms with Crippen molar-refractivity contribution in [2.45, 2.75) is 20.3 Å². The van der Waals surface area contributed by atoms with Crippen LogP contribution in [-0.2, 0) is 9.59 Å². The number of benzene rings is 2. The minimum absolute atomic E-state index is 0.116. The van der Waals surface area contributed by atoms with Crippen LogP contribution in [0.25, 0.3) is 11.0 Å². The summed E-state index contributed by atoms with van der Waals surface area (Å²) in [6.45, 7) is 3.24. The normalized spacial score (nSPS) is 10.5. The second-order valence-corrected chi connectivity index (χ2v) is 6.10. The lowest BCUT2D eigenvalue weighted by Crippen LogP contribution is -2.18. The van der Waals surface area contributed by atoms with Gasteiger partial charge < -0.3 is 19.2 Å². The van der Waals surface area contributed by atoms with E-state index in [1.54, 1.807) is 50.2 Å². The molecule has 1 amide bonds. The Bertz CT molecular complexity index is 1090. The van der Waals surface area contributed by atoms with E-state index in [0.29, 0.717) is 23.4 Å². The van der Waals surface area contributed by atoms with Crippen molar-refractivity contribution in [3.8, 4) is 11.5 Å². The van der Waals surface area contributed by atoms with Gasteiger partial charge in [-0.25, -0.2) is 9.59 Å². The highest BCUT2D eigenvalue weighted by molar-refractivity contribution is 5.90. The van der Waals surface area contributed by atoms with Gasteiger partial charge in [0, 0.05) is 35.7 Å². The molecule has 0 unspecified atom stereocenters. The van der Waals surface area contributed by atoms with Crippen LogP contribution in [-0.4, -0.2) is 18.5 Å². The number of aryl methyl sites for hydroxylation is 1. The van der Waals surface area contributed by atoms with Crippen molar-refractivity contribution in [2.24, 2.45) is 0 Å². The molecule has 1 aromatic heterocycles. The number of hydrogen-bond acceptors (Lipinski definition) is 6. The SMILES string of the molecule is CCC(=O)Nc1cccc(OCC(=O)Oc2ccc3c(C)cc(=O)oc3c2)c1. The number of ether oxygens (including phenoxy) is 2. The molecule has 2 aromatic carbocycles. The fourth-order valence-electron chi connectivity index (χ4n) is 2.58. The first-order chi connectivity index (χ1) is 13.4. The lowest BCUT2D eigenvalue weighted by molar-refractivity contribution is -0.136. The van der Waals surface area contributed by atoms with E-state index in [4.69, 9.17) is 13.9 Å². The number of anilines is 1. The van der Waals surface area contributed by atoms with Gasteiger partial charge in [-0.15, -0.1) is 0 Å². The van der Waals surface area contributed by atoms with Crippen LogP contribution in [0.4, 0.5) is 5.69 Å². The summed E-state index contributed by atoms with van der Waals surface area (Å²) in [6, 6.07) is 13.0. The molecule has 0 bridgehead atoms. The Kier molecular flexibility index (Phi) is 5.74. The lowest BCUT2D eigenvalue weighted by Gasteiger charge is -2.09. The van der Waals surface area contributed by atoms with Crippen LogP contribution in [0.15, 0.2) is 57.7 Å². The molecule has 1 N–H and O–H groups in total. The Morgan fingerprint density at radius 1 is 1.07 bits per heavy atom.